The summed E-state index contributed by atoms with van der Waals surface area (Å²) < 4.78 is 15.4. The van der Waals surface area contributed by atoms with Gasteiger partial charge in [0.25, 0.3) is 0 Å². The monoisotopic (exact) mass is 289 g/mol. The summed E-state index contributed by atoms with van der Waals surface area (Å²) in [5.74, 6) is 0. The van der Waals surface area contributed by atoms with E-state index in [-0.39, 0.29) is 13.0 Å². The first-order valence-corrected chi connectivity index (χ1v) is 7.36. The van der Waals surface area contributed by atoms with Gasteiger partial charge in [0.05, 0.1) is 6.16 Å². The summed E-state index contributed by atoms with van der Waals surface area (Å²) in [4.78, 5) is 28.5. The Balaban J connectivity index is 2.25. The summed E-state index contributed by atoms with van der Waals surface area (Å²) in [6, 6.07) is 8.97. The van der Waals surface area contributed by atoms with Gasteiger partial charge in [-0.15, -0.1) is 0 Å². The molecule has 0 aliphatic carbocycles. The molecule has 0 aliphatic rings. The number of rotatable bonds is 6. The van der Waals surface area contributed by atoms with Crippen LogP contribution in [0.15, 0.2) is 30.3 Å². The Bertz CT molecular complexity index is 446. The maximum atomic E-state index is 11.3. The van der Waals surface area contributed by atoms with E-state index in [1.165, 1.54) is 0 Å². The average molecular weight is 289 g/mol. The Morgan fingerprint density at radius 1 is 1.32 bits per heavy atom. The van der Waals surface area contributed by atoms with E-state index in [0.29, 0.717) is 0 Å². The molecule has 0 bridgehead atoms. The molecule has 0 saturated carbocycles. The quantitative estimate of drug-likeness (QED) is 0.454. The molecule has 1 unspecified atom stereocenters. The maximum Gasteiger partial charge on any atom is 0.409 e. The predicted octanol–water partition coefficient (Wildman–Crippen LogP) is 0.799. The van der Waals surface area contributed by atoms with Crippen molar-refractivity contribution in [2.75, 3.05) is 6.16 Å². The van der Waals surface area contributed by atoms with Crippen LogP contribution < -0.4 is 5.32 Å². The van der Waals surface area contributed by atoms with Crippen LogP contribution in [0.5, 0.6) is 0 Å². The van der Waals surface area contributed by atoms with E-state index in [0.717, 1.165) is 5.56 Å². The van der Waals surface area contributed by atoms with E-state index < -0.39 is 26.1 Å². The van der Waals surface area contributed by atoms with Gasteiger partial charge in [-0.1, -0.05) is 30.3 Å². The minimum absolute atomic E-state index is 0.0535. The molecule has 0 fully saturated rings. The third-order valence-electron chi connectivity index (χ3n) is 2.19. The van der Waals surface area contributed by atoms with Crippen molar-refractivity contribution in [2.24, 2.45) is 0 Å². The lowest BCUT2D eigenvalue weighted by Crippen LogP contribution is -2.35. The summed E-state index contributed by atoms with van der Waals surface area (Å²) in [6.45, 7) is 0.0535. The van der Waals surface area contributed by atoms with Gasteiger partial charge in [0.2, 0.25) is 0 Å². The third-order valence-corrected chi connectivity index (χ3v) is 3.03. The number of hydrogen-bond donors (Lipinski definition) is 4. The number of aliphatic hydroxyl groups excluding tert-OH is 1. The van der Waals surface area contributed by atoms with Crippen LogP contribution in [0.1, 0.15) is 12.0 Å². The number of alkyl carbamates (subject to hydrolysis) is 1. The molecule has 7 nitrogen and oxygen atoms in total. The van der Waals surface area contributed by atoms with Gasteiger partial charge in [0.15, 0.2) is 0 Å². The zero-order valence-electron chi connectivity index (χ0n) is 10.1. The van der Waals surface area contributed by atoms with Crippen molar-refractivity contribution in [1.82, 2.24) is 5.32 Å². The smallest absolute Gasteiger partial charge is 0.409 e. The van der Waals surface area contributed by atoms with Crippen LogP contribution in [-0.2, 0) is 15.9 Å². The van der Waals surface area contributed by atoms with Gasteiger partial charge in [-0.05, 0) is 5.56 Å². The zero-order chi connectivity index (χ0) is 14.3. The molecule has 0 aliphatic heterocycles. The van der Waals surface area contributed by atoms with Crippen LogP contribution in [0.4, 0.5) is 4.79 Å². The second-order valence-corrected chi connectivity index (χ2v) is 5.68. The Morgan fingerprint density at radius 3 is 2.53 bits per heavy atom. The van der Waals surface area contributed by atoms with Crippen LogP contribution >= 0.6 is 7.60 Å². The summed E-state index contributed by atoms with van der Waals surface area (Å²) >= 11 is 0. The van der Waals surface area contributed by atoms with Crippen LogP contribution in [0.3, 0.4) is 0 Å². The SMILES string of the molecule is O=C(NC(O)CCP(=O)(O)O)OCc1ccccc1. The van der Waals surface area contributed by atoms with Gasteiger partial charge in [-0.2, -0.15) is 0 Å². The average Bonchev–Trinajstić information content (AvgIpc) is 2.34. The molecule has 1 aromatic rings. The lowest BCUT2D eigenvalue weighted by molar-refractivity contribution is 0.0925. The molecular weight excluding hydrogens is 273 g/mol. The van der Waals surface area contributed by atoms with Gasteiger partial charge in [-0.25, -0.2) is 4.79 Å². The summed E-state index contributed by atoms with van der Waals surface area (Å²) in [7, 11) is -4.18. The van der Waals surface area contributed by atoms with Crippen molar-refractivity contribution in [3.05, 3.63) is 35.9 Å². The minimum atomic E-state index is -4.18. The Labute approximate surface area is 110 Å². The number of amides is 1. The number of carbonyl (C=O) groups is 1. The molecule has 19 heavy (non-hydrogen) atoms. The van der Waals surface area contributed by atoms with E-state index in [9.17, 15) is 14.5 Å². The standard InChI is InChI=1S/C11H16NO6P/c13-10(6-7-19(15,16)17)12-11(14)18-8-9-4-2-1-3-5-9/h1-5,10,13H,6-8H2,(H,12,14)(H2,15,16,17). The molecule has 1 rings (SSSR count). The van der Waals surface area contributed by atoms with Crippen molar-refractivity contribution in [3.63, 3.8) is 0 Å². The minimum Gasteiger partial charge on any atom is -0.445 e. The fourth-order valence-corrected chi connectivity index (χ4v) is 1.84. The van der Waals surface area contributed by atoms with E-state index >= 15 is 0 Å². The molecule has 106 valence electrons. The highest BCUT2D eigenvalue weighted by atomic mass is 31.2. The number of carbonyl (C=O) groups excluding carboxylic acids is 1. The van der Waals surface area contributed by atoms with E-state index in [1.54, 1.807) is 24.3 Å². The lowest BCUT2D eigenvalue weighted by Gasteiger charge is -2.13. The normalized spacial score (nSPS) is 12.8. The lowest BCUT2D eigenvalue weighted by atomic mass is 10.2. The number of aliphatic hydroxyl groups is 1. The molecular formula is C11H16NO6P. The fourth-order valence-electron chi connectivity index (χ4n) is 1.26. The summed E-state index contributed by atoms with van der Waals surface area (Å²) in [5.41, 5.74) is 0.794. The first-order valence-electron chi connectivity index (χ1n) is 5.57. The molecule has 4 N–H and O–H groups in total. The maximum absolute atomic E-state index is 11.3. The molecule has 0 spiro atoms. The Morgan fingerprint density at radius 2 is 1.95 bits per heavy atom. The number of benzene rings is 1. The van der Waals surface area contributed by atoms with Gasteiger partial charge >= 0.3 is 13.7 Å². The van der Waals surface area contributed by atoms with E-state index in [2.05, 4.69) is 5.32 Å². The highest BCUT2D eigenvalue weighted by molar-refractivity contribution is 7.51. The third kappa shape index (κ3) is 7.58. The molecule has 1 amide bonds. The molecule has 0 saturated heterocycles. The van der Waals surface area contributed by atoms with Crippen molar-refractivity contribution < 1.29 is 29.0 Å². The second kappa shape index (κ2) is 7.25. The summed E-state index contributed by atoms with van der Waals surface area (Å²) in [6.07, 6.45) is -2.95. The molecule has 0 heterocycles. The van der Waals surface area contributed by atoms with Crippen LogP contribution in [0, 0.1) is 0 Å². The fraction of sp³-hybridized carbons (Fsp3) is 0.364. The van der Waals surface area contributed by atoms with Crippen LogP contribution in [0.2, 0.25) is 0 Å². The first kappa shape index (κ1) is 15.7. The van der Waals surface area contributed by atoms with Gasteiger partial charge in [0.1, 0.15) is 12.8 Å². The van der Waals surface area contributed by atoms with Crippen LogP contribution in [0.25, 0.3) is 0 Å². The van der Waals surface area contributed by atoms with E-state index in [1.807, 2.05) is 6.07 Å². The Hall–Kier alpha value is -1.40. The van der Waals surface area contributed by atoms with Crippen molar-refractivity contribution in [1.29, 1.82) is 0 Å². The van der Waals surface area contributed by atoms with Crippen molar-refractivity contribution >= 4 is 13.7 Å². The number of ether oxygens (including phenoxy) is 1. The zero-order valence-corrected chi connectivity index (χ0v) is 11.0. The number of hydrogen-bond acceptors (Lipinski definition) is 4. The van der Waals surface area contributed by atoms with Gasteiger partial charge in [0, 0.05) is 6.42 Å². The predicted molar refractivity (Wildman–Crippen MR) is 67.3 cm³/mol. The highest BCUT2D eigenvalue weighted by Gasteiger charge is 2.17. The second-order valence-electron chi connectivity index (χ2n) is 3.90. The molecule has 1 atom stereocenters. The Kier molecular flexibility index (Phi) is 5.98. The molecule has 0 radical (unpaired) electrons. The van der Waals surface area contributed by atoms with Gasteiger partial charge in [-0.3, -0.25) is 9.88 Å². The largest absolute Gasteiger partial charge is 0.445 e. The van der Waals surface area contributed by atoms with Crippen molar-refractivity contribution in [3.8, 4) is 0 Å². The van der Waals surface area contributed by atoms with Crippen LogP contribution in [-0.4, -0.2) is 33.4 Å². The van der Waals surface area contributed by atoms with E-state index in [4.69, 9.17) is 14.5 Å². The first-order chi connectivity index (χ1) is 8.87. The highest BCUT2D eigenvalue weighted by Crippen LogP contribution is 2.35. The van der Waals surface area contributed by atoms with Crippen molar-refractivity contribution in [2.45, 2.75) is 19.3 Å². The molecule has 1 aromatic carbocycles. The van der Waals surface area contributed by atoms with Gasteiger partial charge < -0.3 is 19.6 Å². The molecule has 0 aromatic heterocycles. The summed E-state index contributed by atoms with van der Waals surface area (Å²) in [5, 5.41) is 11.4. The molecule has 8 heteroatoms. The topological polar surface area (TPSA) is 116 Å². The number of nitrogens with one attached hydrogen (secondary N) is 1.